The summed E-state index contributed by atoms with van der Waals surface area (Å²) in [6.07, 6.45) is 9.94. The van der Waals surface area contributed by atoms with Gasteiger partial charge in [0, 0.05) is 43.0 Å². The molecule has 2 aliphatic rings. The highest BCUT2D eigenvalue weighted by molar-refractivity contribution is 6.32. The SMILES string of the molecule is CC(C)c1oncc1C(=O)N1CCC(CC(=O)Nc2ccc3cc2CCc2cncc(c2)Nc2ncc(Cl)c(n2)N3)CC1. The van der Waals surface area contributed by atoms with E-state index in [2.05, 4.69) is 36.1 Å². The number of carbonyl (C=O) groups excluding carboxylic acids is 2. The van der Waals surface area contributed by atoms with Crippen LogP contribution in [0.1, 0.15) is 66.3 Å². The number of pyridine rings is 1. The number of benzene rings is 1. The number of nitrogens with zero attached hydrogens (tertiary/aromatic N) is 5. The quantitative estimate of drug-likeness (QED) is 0.248. The first kappa shape index (κ1) is 28.6. The zero-order chi connectivity index (χ0) is 29.9. The topological polar surface area (TPSA) is 138 Å². The van der Waals surface area contributed by atoms with Crippen molar-refractivity contribution >= 4 is 52.2 Å². The van der Waals surface area contributed by atoms with Gasteiger partial charge in [0.05, 0.1) is 24.3 Å². The van der Waals surface area contributed by atoms with Crippen LogP contribution in [0.3, 0.4) is 0 Å². The lowest BCUT2D eigenvalue weighted by Gasteiger charge is -2.31. The van der Waals surface area contributed by atoms with Gasteiger partial charge in [0.1, 0.15) is 10.6 Å². The first-order valence-electron chi connectivity index (χ1n) is 14.5. The number of hydrogen-bond acceptors (Lipinski definition) is 9. The standard InChI is InChI=1S/C31H33ClN8O3/c1-18(2)28-24(16-35-43-28)30(42)40-9-7-19(8-10-40)12-27(41)38-26-6-5-22-13-21(26)4-3-20-11-23(15-33-14-20)37-31-34-17-25(32)29(36-22)39-31/h5-6,11,13-19H,3-4,7-10,12H2,1-2H3,(H,38,41)(H2,34,36,37,39). The summed E-state index contributed by atoms with van der Waals surface area (Å²) in [4.78, 5) is 41.3. The van der Waals surface area contributed by atoms with Gasteiger partial charge in [-0.15, -0.1) is 0 Å². The number of amides is 2. The molecular weight excluding hydrogens is 568 g/mol. The predicted molar refractivity (Wildman–Crippen MR) is 164 cm³/mol. The first-order valence-corrected chi connectivity index (χ1v) is 14.9. The predicted octanol–water partition coefficient (Wildman–Crippen LogP) is 6.10. The number of carbonyl (C=O) groups is 2. The molecule has 4 aromatic rings. The van der Waals surface area contributed by atoms with Crippen LogP contribution < -0.4 is 16.0 Å². The number of aryl methyl sites for hydroxylation is 2. The minimum Gasteiger partial charge on any atom is -0.360 e. The molecular formula is C31H33ClN8O3. The number of hydrogen-bond donors (Lipinski definition) is 3. The maximum Gasteiger partial charge on any atom is 0.259 e. The van der Waals surface area contributed by atoms with Crippen LogP contribution in [0.25, 0.3) is 0 Å². The molecule has 6 bridgehead atoms. The summed E-state index contributed by atoms with van der Waals surface area (Å²) in [5, 5.41) is 13.8. The minimum absolute atomic E-state index is 0.0397. The van der Waals surface area contributed by atoms with Crippen LogP contribution in [0, 0.1) is 5.92 Å². The number of piperidine rings is 1. The van der Waals surface area contributed by atoms with E-state index in [4.69, 9.17) is 16.1 Å². The van der Waals surface area contributed by atoms with Crippen LogP contribution in [0.5, 0.6) is 0 Å². The molecule has 0 aliphatic carbocycles. The van der Waals surface area contributed by atoms with E-state index in [1.807, 2.05) is 49.2 Å². The second-order valence-electron chi connectivity index (χ2n) is 11.3. The summed E-state index contributed by atoms with van der Waals surface area (Å²) in [6.45, 7) is 5.15. The lowest BCUT2D eigenvalue weighted by Crippen LogP contribution is -2.39. The van der Waals surface area contributed by atoms with Gasteiger partial charge >= 0.3 is 0 Å². The molecule has 0 atom stereocenters. The lowest BCUT2D eigenvalue weighted by molar-refractivity contribution is -0.117. The van der Waals surface area contributed by atoms with Crippen molar-refractivity contribution in [1.82, 2.24) is 25.0 Å². The number of aromatic nitrogens is 4. The van der Waals surface area contributed by atoms with Gasteiger partial charge in [0.15, 0.2) is 11.6 Å². The molecule has 0 unspecified atom stereocenters. The molecule has 0 saturated carbocycles. The van der Waals surface area contributed by atoms with Crippen molar-refractivity contribution in [3.63, 3.8) is 0 Å². The van der Waals surface area contributed by atoms with E-state index in [1.165, 1.54) is 6.20 Å². The molecule has 11 nitrogen and oxygen atoms in total. The van der Waals surface area contributed by atoms with Crippen LogP contribution in [0.15, 0.2) is 53.6 Å². The maximum atomic E-state index is 13.2. The van der Waals surface area contributed by atoms with Gasteiger partial charge in [0.2, 0.25) is 11.9 Å². The van der Waals surface area contributed by atoms with Gasteiger partial charge in [-0.2, -0.15) is 4.98 Å². The van der Waals surface area contributed by atoms with Crippen LogP contribution >= 0.6 is 11.6 Å². The smallest absolute Gasteiger partial charge is 0.259 e. The largest absolute Gasteiger partial charge is 0.360 e. The molecule has 3 N–H and O–H groups in total. The Labute approximate surface area is 254 Å². The molecule has 222 valence electrons. The maximum absolute atomic E-state index is 13.2. The highest BCUT2D eigenvalue weighted by Gasteiger charge is 2.28. The zero-order valence-electron chi connectivity index (χ0n) is 24.1. The fourth-order valence-electron chi connectivity index (χ4n) is 5.55. The summed E-state index contributed by atoms with van der Waals surface area (Å²) >= 11 is 6.38. The van der Waals surface area contributed by atoms with E-state index in [-0.39, 0.29) is 23.7 Å². The Hall–Kier alpha value is -4.51. The molecule has 12 heteroatoms. The monoisotopic (exact) mass is 600 g/mol. The Morgan fingerprint density at radius 2 is 1.91 bits per heavy atom. The highest BCUT2D eigenvalue weighted by atomic mass is 35.5. The normalized spacial score (nSPS) is 15.0. The molecule has 6 rings (SSSR count). The van der Waals surface area contributed by atoms with Crippen molar-refractivity contribution in [3.05, 3.63) is 76.5 Å². The van der Waals surface area contributed by atoms with E-state index >= 15 is 0 Å². The summed E-state index contributed by atoms with van der Waals surface area (Å²) in [5.74, 6) is 1.66. The van der Waals surface area contributed by atoms with Crippen molar-refractivity contribution in [2.75, 3.05) is 29.0 Å². The Bertz CT molecular complexity index is 1650. The lowest BCUT2D eigenvalue weighted by atomic mass is 9.92. The fraction of sp³-hybridized carbons (Fsp3) is 0.355. The van der Waals surface area contributed by atoms with Gasteiger partial charge in [-0.25, -0.2) is 4.98 Å². The third kappa shape index (κ3) is 6.61. The highest BCUT2D eigenvalue weighted by Crippen LogP contribution is 2.30. The number of nitrogens with one attached hydrogen (secondary N) is 3. The van der Waals surface area contributed by atoms with Crippen molar-refractivity contribution in [1.29, 1.82) is 0 Å². The van der Waals surface area contributed by atoms with Crippen LogP contribution in [0.4, 0.5) is 28.8 Å². The van der Waals surface area contributed by atoms with Gasteiger partial charge in [-0.1, -0.05) is 30.6 Å². The number of rotatable bonds is 5. The first-order chi connectivity index (χ1) is 20.8. The third-order valence-electron chi connectivity index (χ3n) is 7.85. The van der Waals surface area contributed by atoms with Crippen molar-refractivity contribution in [3.8, 4) is 0 Å². The van der Waals surface area contributed by atoms with Crippen LogP contribution in [-0.2, 0) is 17.6 Å². The Morgan fingerprint density at radius 1 is 1.07 bits per heavy atom. The number of fused-ring (bicyclic) bond motifs is 6. The second-order valence-corrected chi connectivity index (χ2v) is 11.7. The van der Waals surface area contributed by atoms with Crippen molar-refractivity contribution in [2.24, 2.45) is 5.92 Å². The van der Waals surface area contributed by atoms with E-state index in [0.29, 0.717) is 54.0 Å². The van der Waals surface area contributed by atoms with E-state index in [9.17, 15) is 9.59 Å². The van der Waals surface area contributed by atoms with Gasteiger partial charge < -0.3 is 25.4 Å². The minimum atomic E-state index is -0.0578. The molecule has 5 heterocycles. The fourth-order valence-corrected chi connectivity index (χ4v) is 5.69. The molecule has 43 heavy (non-hydrogen) atoms. The molecule has 1 fully saturated rings. The average molecular weight is 601 g/mol. The average Bonchev–Trinajstić information content (AvgIpc) is 3.49. The van der Waals surface area contributed by atoms with E-state index in [0.717, 1.165) is 47.5 Å². The molecule has 1 saturated heterocycles. The van der Waals surface area contributed by atoms with Gasteiger partial charge in [-0.05, 0) is 67.0 Å². The molecule has 2 aliphatic heterocycles. The van der Waals surface area contributed by atoms with Gasteiger partial charge in [0.25, 0.3) is 5.91 Å². The van der Waals surface area contributed by atoms with Crippen LogP contribution in [0.2, 0.25) is 5.02 Å². The second kappa shape index (κ2) is 12.4. The summed E-state index contributed by atoms with van der Waals surface area (Å²) in [6, 6.07) is 7.83. The van der Waals surface area contributed by atoms with Crippen molar-refractivity contribution in [2.45, 2.75) is 51.9 Å². The number of likely N-dealkylation sites (tertiary alicyclic amines) is 1. The van der Waals surface area contributed by atoms with Crippen molar-refractivity contribution < 1.29 is 14.1 Å². The number of anilines is 5. The molecule has 3 aromatic heterocycles. The van der Waals surface area contributed by atoms with E-state index in [1.54, 1.807) is 12.4 Å². The summed E-state index contributed by atoms with van der Waals surface area (Å²) in [5.41, 5.74) is 4.90. The molecule has 0 radical (unpaired) electrons. The molecule has 1 aromatic carbocycles. The Balaban J connectivity index is 1.13. The molecule has 2 amide bonds. The summed E-state index contributed by atoms with van der Waals surface area (Å²) in [7, 11) is 0. The van der Waals surface area contributed by atoms with Gasteiger partial charge in [-0.3, -0.25) is 14.6 Å². The third-order valence-corrected chi connectivity index (χ3v) is 8.13. The zero-order valence-corrected chi connectivity index (χ0v) is 24.8. The van der Waals surface area contributed by atoms with Crippen LogP contribution in [-0.4, -0.2) is 49.9 Å². The summed E-state index contributed by atoms with van der Waals surface area (Å²) < 4.78 is 5.30. The Morgan fingerprint density at radius 3 is 2.72 bits per heavy atom. The Kier molecular flexibility index (Phi) is 8.24. The number of halogens is 1. The molecule has 0 spiro atoms. The van der Waals surface area contributed by atoms with E-state index < -0.39 is 0 Å².